The van der Waals surface area contributed by atoms with Crippen LogP contribution in [-0.4, -0.2) is 23.5 Å². The van der Waals surface area contributed by atoms with Crippen LogP contribution in [0.3, 0.4) is 0 Å². The summed E-state index contributed by atoms with van der Waals surface area (Å²) in [5.74, 6) is -2.06. The van der Waals surface area contributed by atoms with E-state index >= 15 is 0 Å². The first-order valence-electron chi connectivity index (χ1n) is 8.30. The maximum Gasteiger partial charge on any atom is 0.316 e. The molecule has 0 aromatic heterocycles. The molecule has 1 aromatic rings. The summed E-state index contributed by atoms with van der Waals surface area (Å²) >= 11 is 0. The van der Waals surface area contributed by atoms with Crippen LogP contribution in [0, 0.1) is 11.8 Å². The minimum Gasteiger partial charge on any atom is -0.481 e. The van der Waals surface area contributed by atoms with Gasteiger partial charge in [-0.25, -0.2) is 0 Å². The molecular formula is C18H23NO3. The van der Waals surface area contributed by atoms with Crippen molar-refractivity contribution in [3.8, 4) is 0 Å². The first-order chi connectivity index (χ1) is 10.7. The first kappa shape index (κ1) is 15.1. The van der Waals surface area contributed by atoms with Gasteiger partial charge in [0, 0.05) is 12.2 Å². The number of para-hydroxylation sites is 1. The topological polar surface area (TPSA) is 57.6 Å². The second-order valence-corrected chi connectivity index (χ2v) is 6.44. The molecule has 1 N–H and O–H groups in total. The van der Waals surface area contributed by atoms with E-state index in [4.69, 9.17) is 0 Å². The first-order valence-corrected chi connectivity index (χ1v) is 8.30. The number of carbonyl (C=O) groups is 2. The number of carbonyl (C=O) groups excluding carboxylic acids is 1. The molecule has 1 amide bonds. The van der Waals surface area contributed by atoms with E-state index in [1.165, 1.54) is 0 Å². The maximum absolute atomic E-state index is 12.9. The van der Waals surface area contributed by atoms with Gasteiger partial charge < -0.3 is 10.0 Å². The second kappa shape index (κ2) is 6.51. The highest BCUT2D eigenvalue weighted by Crippen LogP contribution is 2.34. The molecule has 0 radical (unpaired) electrons. The Morgan fingerprint density at radius 1 is 1.09 bits per heavy atom. The normalized spacial score (nSPS) is 20.3. The standard InChI is InChI=1S/C18H23NO3/c20-17(16(18(21)22)14-8-2-1-3-9-14)19-12-6-10-13-7-4-5-11-15(13)19/h4-5,7,11,14,16H,1-3,6,8-10,12H2,(H,21,22). The number of aryl methyl sites for hydroxylation is 1. The number of hydrogen-bond acceptors (Lipinski definition) is 2. The molecule has 4 nitrogen and oxygen atoms in total. The van der Waals surface area contributed by atoms with E-state index in [2.05, 4.69) is 0 Å². The van der Waals surface area contributed by atoms with Gasteiger partial charge in [0.25, 0.3) is 0 Å². The number of fused-ring (bicyclic) bond motifs is 1. The zero-order chi connectivity index (χ0) is 15.5. The largest absolute Gasteiger partial charge is 0.481 e. The molecule has 0 spiro atoms. The smallest absolute Gasteiger partial charge is 0.316 e. The maximum atomic E-state index is 12.9. The molecule has 1 fully saturated rings. The lowest BCUT2D eigenvalue weighted by molar-refractivity contribution is -0.149. The predicted octanol–water partition coefficient (Wildman–Crippen LogP) is 3.25. The summed E-state index contributed by atoms with van der Waals surface area (Å²) in [6, 6.07) is 7.86. The molecule has 1 saturated carbocycles. The molecule has 1 aliphatic heterocycles. The van der Waals surface area contributed by atoms with Gasteiger partial charge in [0.15, 0.2) is 0 Å². The zero-order valence-corrected chi connectivity index (χ0v) is 12.8. The SMILES string of the molecule is O=C(O)C(C(=O)N1CCCc2ccccc21)C1CCCCC1. The lowest BCUT2D eigenvalue weighted by Crippen LogP contribution is -2.45. The van der Waals surface area contributed by atoms with Crippen LogP contribution in [0.5, 0.6) is 0 Å². The van der Waals surface area contributed by atoms with Crippen molar-refractivity contribution in [3.63, 3.8) is 0 Å². The van der Waals surface area contributed by atoms with Gasteiger partial charge in [0.05, 0.1) is 0 Å². The number of nitrogens with zero attached hydrogens (tertiary/aromatic N) is 1. The Kier molecular flexibility index (Phi) is 4.46. The molecule has 1 heterocycles. The Morgan fingerprint density at radius 3 is 2.55 bits per heavy atom. The molecule has 0 bridgehead atoms. The van der Waals surface area contributed by atoms with Crippen molar-refractivity contribution < 1.29 is 14.7 Å². The highest BCUT2D eigenvalue weighted by molar-refractivity contribution is 6.06. The highest BCUT2D eigenvalue weighted by Gasteiger charge is 2.39. The van der Waals surface area contributed by atoms with Gasteiger partial charge in [-0.3, -0.25) is 9.59 Å². The van der Waals surface area contributed by atoms with Gasteiger partial charge in [0.2, 0.25) is 5.91 Å². The van der Waals surface area contributed by atoms with Crippen LogP contribution in [-0.2, 0) is 16.0 Å². The van der Waals surface area contributed by atoms with Crippen molar-refractivity contribution >= 4 is 17.6 Å². The monoisotopic (exact) mass is 301 g/mol. The van der Waals surface area contributed by atoms with Crippen LogP contribution in [0.25, 0.3) is 0 Å². The van der Waals surface area contributed by atoms with Crippen molar-refractivity contribution in [2.45, 2.75) is 44.9 Å². The quantitative estimate of drug-likeness (QED) is 0.872. The molecule has 2 aliphatic rings. The van der Waals surface area contributed by atoms with E-state index in [0.29, 0.717) is 6.54 Å². The fraction of sp³-hybridized carbons (Fsp3) is 0.556. The van der Waals surface area contributed by atoms with Crippen molar-refractivity contribution in [2.24, 2.45) is 11.8 Å². The zero-order valence-electron chi connectivity index (χ0n) is 12.8. The molecule has 1 aromatic carbocycles. The molecule has 4 heteroatoms. The number of carboxylic acid groups (broad SMARTS) is 1. The summed E-state index contributed by atoms with van der Waals surface area (Å²) in [5, 5.41) is 9.63. The third-order valence-corrected chi connectivity index (χ3v) is 5.03. The van der Waals surface area contributed by atoms with Crippen LogP contribution in [0.2, 0.25) is 0 Å². The average Bonchev–Trinajstić information content (AvgIpc) is 2.55. The molecule has 22 heavy (non-hydrogen) atoms. The predicted molar refractivity (Wildman–Crippen MR) is 84.8 cm³/mol. The van der Waals surface area contributed by atoms with Crippen molar-refractivity contribution in [3.05, 3.63) is 29.8 Å². The van der Waals surface area contributed by atoms with Crippen LogP contribution < -0.4 is 4.90 Å². The van der Waals surface area contributed by atoms with Crippen LogP contribution in [0.15, 0.2) is 24.3 Å². The summed E-state index contributed by atoms with van der Waals surface area (Å²) in [6.07, 6.45) is 6.82. The van der Waals surface area contributed by atoms with Gasteiger partial charge in [-0.2, -0.15) is 0 Å². The van der Waals surface area contributed by atoms with Crippen molar-refractivity contribution in [2.75, 3.05) is 11.4 Å². The third-order valence-electron chi connectivity index (χ3n) is 5.03. The summed E-state index contributed by atoms with van der Waals surface area (Å²) < 4.78 is 0. The number of amides is 1. The Bertz CT molecular complexity index is 563. The third kappa shape index (κ3) is 2.87. The lowest BCUT2D eigenvalue weighted by Gasteiger charge is -2.34. The Labute approximate surface area is 131 Å². The van der Waals surface area contributed by atoms with Gasteiger partial charge in [-0.1, -0.05) is 37.5 Å². The number of rotatable bonds is 3. The molecule has 1 unspecified atom stereocenters. The average molecular weight is 301 g/mol. The van der Waals surface area contributed by atoms with Gasteiger partial charge in [0.1, 0.15) is 5.92 Å². The number of anilines is 1. The van der Waals surface area contributed by atoms with E-state index in [-0.39, 0.29) is 11.8 Å². The minimum atomic E-state index is -0.958. The Hall–Kier alpha value is -1.84. The summed E-state index contributed by atoms with van der Waals surface area (Å²) in [6.45, 7) is 0.631. The van der Waals surface area contributed by atoms with Gasteiger partial charge >= 0.3 is 5.97 Å². The van der Waals surface area contributed by atoms with Crippen molar-refractivity contribution in [1.29, 1.82) is 0 Å². The molecular weight excluding hydrogens is 278 g/mol. The van der Waals surface area contributed by atoms with Crippen LogP contribution in [0.4, 0.5) is 5.69 Å². The van der Waals surface area contributed by atoms with Crippen LogP contribution in [0.1, 0.15) is 44.1 Å². The molecule has 0 saturated heterocycles. The van der Waals surface area contributed by atoms with Crippen molar-refractivity contribution in [1.82, 2.24) is 0 Å². The van der Waals surface area contributed by atoms with E-state index in [1.54, 1.807) is 4.90 Å². The molecule has 1 atom stereocenters. The Balaban J connectivity index is 1.86. The molecule has 1 aliphatic carbocycles. The summed E-state index contributed by atoms with van der Waals surface area (Å²) in [7, 11) is 0. The van der Waals surface area contributed by atoms with E-state index in [1.807, 2.05) is 24.3 Å². The number of hydrogen-bond donors (Lipinski definition) is 1. The fourth-order valence-electron chi connectivity index (χ4n) is 3.91. The van der Waals surface area contributed by atoms with Crippen LogP contribution >= 0.6 is 0 Å². The molecule has 3 rings (SSSR count). The minimum absolute atomic E-state index is 0.00663. The Morgan fingerprint density at radius 2 is 1.82 bits per heavy atom. The number of aliphatic carboxylic acids is 1. The fourth-order valence-corrected chi connectivity index (χ4v) is 3.91. The van der Waals surface area contributed by atoms with E-state index in [0.717, 1.165) is 56.2 Å². The lowest BCUT2D eigenvalue weighted by atomic mass is 9.79. The summed E-state index contributed by atoms with van der Waals surface area (Å²) in [4.78, 5) is 26.4. The van der Waals surface area contributed by atoms with E-state index < -0.39 is 11.9 Å². The number of benzene rings is 1. The second-order valence-electron chi connectivity index (χ2n) is 6.44. The van der Waals surface area contributed by atoms with Gasteiger partial charge in [-0.05, 0) is 43.2 Å². The van der Waals surface area contributed by atoms with E-state index in [9.17, 15) is 14.7 Å². The van der Waals surface area contributed by atoms with Gasteiger partial charge in [-0.15, -0.1) is 0 Å². The molecule has 118 valence electrons. The number of carboxylic acids is 1. The summed E-state index contributed by atoms with van der Waals surface area (Å²) in [5.41, 5.74) is 2.05. The highest BCUT2D eigenvalue weighted by atomic mass is 16.4.